The smallest absolute Gasteiger partial charge is 0.333 e. The minimum Gasteiger partial charge on any atom is -0.496 e. The Labute approximate surface area is 197 Å². The molecule has 0 amide bonds. The van der Waals surface area contributed by atoms with E-state index in [9.17, 15) is 13.6 Å². The molecule has 0 saturated carbocycles. The molecule has 0 atom stereocenters. The number of allylic oxidation sites excluding steroid dienone is 4. The van der Waals surface area contributed by atoms with Crippen molar-refractivity contribution in [2.24, 2.45) is 7.05 Å². The number of imidazole rings is 1. The number of rotatable bonds is 7. The fraction of sp³-hybridized carbons (Fsp3) is 0.208. The number of ether oxygens (including phenoxy) is 2. The minimum absolute atomic E-state index is 0.119. The van der Waals surface area contributed by atoms with Crippen LogP contribution < -0.4 is 10.4 Å². The quantitative estimate of drug-likeness (QED) is 0.271. The minimum atomic E-state index is -2.81. The number of fused-ring (bicyclic) bond motifs is 3. The topological polar surface area (TPSA) is 76.1 Å². The standard InChI is InChI=1S/C24H22F3N5O3/c1-6-16(25)22(19(7-2)34-4)32-21-15-8-14(13-10-29-31(12-13)23(26)27)20(35-5)9-17(15)28-11-18(21)30(3)24(32)33/h6-12,23H,1H2,2-5H3/b19-7+,22-16-. The van der Waals surface area contributed by atoms with Crippen LogP contribution in [0.2, 0.25) is 0 Å². The summed E-state index contributed by atoms with van der Waals surface area (Å²) < 4.78 is 55.3. The number of benzene rings is 1. The molecule has 3 aromatic heterocycles. The van der Waals surface area contributed by atoms with Crippen molar-refractivity contribution >= 4 is 27.6 Å². The van der Waals surface area contributed by atoms with Crippen LogP contribution in [0.15, 0.2) is 65.8 Å². The van der Waals surface area contributed by atoms with Crippen LogP contribution in [-0.4, -0.2) is 38.1 Å². The van der Waals surface area contributed by atoms with E-state index in [4.69, 9.17) is 9.47 Å². The molecule has 0 spiro atoms. The van der Waals surface area contributed by atoms with Gasteiger partial charge >= 0.3 is 12.2 Å². The summed E-state index contributed by atoms with van der Waals surface area (Å²) in [6.45, 7) is 2.33. The van der Waals surface area contributed by atoms with E-state index in [1.165, 1.54) is 55.1 Å². The lowest BCUT2D eigenvalue weighted by Crippen LogP contribution is -2.23. The molecular formula is C24H22F3N5O3. The lowest BCUT2D eigenvalue weighted by molar-refractivity contribution is 0.0566. The van der Waals surface area contributed by atoms with Gasteiger partial charge in [0.15, 0.2) is 5.83 Å². The molecule has 4 rings (SSSR count). The Morgan fingerprint density at radius 2 is 1.97 bits per heavy atom. The van der Waals surface area contributed by atoms with Crippen LogP contribution in [0.25, 0.3) is 38.8 Å². The lowest BCUT2D eigenvalue weighted by atomic mass is 10.0. The van der Waals surface area contributed by atoms with Gasteiger partial charge in [0.25, 0.3) is 0 Å². The van der Waals surface area contributed by atoms with Gasteiger partial charge in [0, 0.05) is 35.8 Å². The lowest BCUT2D eigenvalue weighted by Gasteiger charge is -2.14. The number of hydrogen-bond donors (Lipinski definition) is 0. The maximum absolute atomic E-state index is 15.1. The third kappa shape index (κ3) is 3.78. The third-order valence-electron chi connectivity index (χ3n) is 5.66. The molecule has 1 aromatic carbocycles. The number of alkyl halides is 2. The predicted molar refractivity (Wildman–Crippen MR) is 127 cm³/mol. The van der Waals surface area contributed by atoms with E-state index in [-0.39, 0.29) is 11.5 Å². The number of pyridine rings is 1. The predicted octanol–water partition coefficient (Wildman–Crippen LogP) is 5.03. The average molecular weight is 485 g/mol. The van der Waals surface area contributed by atoms with Crippen molar-refractivity contribution in [2.75, 3.05) is 14.2 Å². The molecule has 0 aliphatic carbocycles. The van der Waals surface area contributed by atoms with Crippen molar-refractivity contribution in [3.8, 4) is 16.9 Å². The number of aromatic nitrogens is 5. The molecule has 0 aliphatic heterocycles. The summed E-state index contributed by atoms with van der Waals surface area (Å²) in [6, 6.07) is 3.27. The summed E-state index contributed by atoms with van der Waals surface area (Å²) in [5.41, 5.74) is 1.34. The van der Waals surface area contributed by atoms with E-state index in [0.717, 1.165) is 6.08 Å². The van der Waals surface area contributed by atoms with Crippen LogP contribution in [0.3, 0.4) is 0 Å². The number of hydrogen-bond acceptors (Lipinski definition) is 5. The first-order valence-electron chi connectivity index (χ1n) is 10.4. The maximum Gasteiger partial charge on any atom is 0.333 e. The maximum atomic E-state index is 15.1. The summed E-state index contributed by atoms with van der Waals surface area (Å²) in [5.74, 6) is -0.289. The Kier molecular flexibility index (Phi) is 6.25. The van der Waals surface area contributed by atoms with Gasteiger partial charge in [0.05, 0.1) is 43.2 Å². The van der Waals surface area contributed by atoms with Gasteiger partial charge in [-0.1, -0.05) is 6.58 Å². The monoisotopic (exact) mass is 485 g/mol. The summed E-state index contributed by atoms with van der Waals surface area (Å²) in [4.78, 5) is 17.8. The van der Waals surface area contributed by atoms with Crippen LogP contribution >= 0.6 is 0 Å². The molecule has 0 unspecified atom stereocenters. The summed E-state index contributed by atoms with van der Waals surface area (Å²) in [6.07, 6.45) is 6.48. The zero-order valence-electron chi connectivity index (χ0n) is 19.4. The van der Waals surface area contributed by atoms with Crippen LogP contribution in [0.4, 0.5) is 13.2 Å². The molecule has 3 heterocycles. The fourth-order valence-electron chi connectivity index (χ4n) is 3.99. The second-order valence-corrected chi connectivity index (χ2v) is 7.48. The van der Waals surface area contributed by atoms with Crippen molar-refractivity contribution in [1.29, 1.82) is 0 Å². The first-order chi connectivity index (χ1) is 16.8. The SMILES string of the molecule is C=C/C(F)=C(\C(=C/C)OC)n1c(=O)n(C)c2cnc3cc(OC)c(-c4cnn(C(F)F)c4)cc3c21. The molecule has 0 radical (unpaired) electrons. The summed E-state index contributed by atoms with van der Waals surface area (Å²) in [5, 5.41) is 4.16. The molecule has 0 N–H and O–H groups in total. The highest BCUT2D eigenvalue weighted by Crippen LogP contribution is 2.37. The van der Waals surface area contributed by atoms with Crippen LogP contribution in [0.5, 0.6) is 5.75 Å². The second-order valence-electron chi connectivity index (χ2n) is 7.48. The van der Waals surface area contributed by atoms with E-state index in [2.05, 4.69) is 16.7 Å². The number of methoxy groups -OCH3 is 2. The van der Waals surface area contributed by atoms with Gasteiger partial charge in [-0.05, 0) is 25.1 Å². The van der Waals surface area contributed by atoms with E-state index >= 15 is 4.39 Å². The average Bonchev–Trinajstić information content (AvgIpc) is 3.45. The Morgan fingerprint density at radius 3 is 2.54 bits per heavy atom. The number of nitrogens with zero attached hydrogens (tertiary/aromatic N) is 5. The number of aryl methyl sites for hydroxylation is 1. The van der Waals surface area contributed by atoms with E-state index in [0.29, 0.717) is 43.5 Å². The van der Waals surface area contributed by atoms with E-state index in [1.54, 1.807) is 19.1 Å². The Bertz CT molecular complexity index is 1580. The van der Waals surface area contributed by atoms with Crippen molar-refractivity contribution in [2.45, 2.75) is 13.5 Å². The Hall–Kier alpha value is -4.28. The molecule has 11 heteroatoms. The number of halogens is 3. The van der Waals surface area contributed by atoms with Gasteiger partial charge in [0.2, 0.25) is 0 Å². The molecule has 8 nitrogen and oxygen atoms in total. The highest BCUT2D eigenvalue weighted by atomic mass is 19.3. The van der Waals surface area contributed by atoms with Gasteiger partial charge in [-0.15, -0.1) is 0 Å². The summed E-state index contributed by atoms with van der Waals surface area (Å²) >= 11 is 0. The highest BCUT2D eigenvalue weighted by Gasteiger charge is 2.24. The molecule has 0 saturated heterocycles. The Balaban J connectivity index is 2.17. The largest absolute Gasteiger partial charge is 0.496 e. The van der Waals surface area contributed by atoms with Crippen molar-refractivity contribution in [3.63, 3.8) is 0 Å². The Morgan fingerprint density at radius 1 is 1.23 bits per heavy atom. The molecule has 0 bridgehead atoms. The molecule has 0 fully saturated rings. The summed E-state index contributed by atoms with van der Waals surface area (Å²) in [7, 11) is 4.35. The normalized spacial score (nSPS) is 13.0. The van der Waals surface area contributed by atoms with E-state index in [1.807, 2.05) is 0 Å². The molecular weight excluding hydrogens is 463 g/mol. The van der Waals surface area contributed by atoms with Crippen molar-refractivity contribution in [1.82, 2.24) is 23.9 Å². The zero-order chi connectivity index (χ0) is 25.4. The molecule has 182 valence electrons. The van der Waals surface area contributed by atoms with Crippen molar-refractivity contribution in [3.05, 3.63) is 71.5 Å². The molecule has 4 aromatic rings. The van der Waals surface area contributed by atoms with Gasteiger partial charge in [-0.2, -0.15) is 13.9 Å². The third-order valence-corrected chi connectivity index (χ3v) is 5.66. The molecule has 35 heavy (non-hydrogen) atoms. The molecule has 0 aliphatic rings. The van der Waals surface area contributed by atoms with Gasteiger partial charge in [-0.3, -0.25) is 14.1 Å². The van der Waals surface area contributed by atoms with Gasteiger partial charge in [0.1, 0.15) is 17.2 Å². The first kappa shape index (κ1) is 23.9. The van der Waals surface area contributed by atoms with Crippen molar-refractivity contribution < 1.29 is 22.6 Å². The van der Waals surface area contributed by atoms with Gasteiger partial charge < -0.3 is 9.47 Å². The van der Waals surface area contributed by atoms with Crippen LogP contribution in [-0.2, 0) is 11.8 Å². The van der Waals surface area contributed by atoms with Gasteiger partial charge in [-0.25, -0.2) is 13.9 Å². The van der Waals surface area contributed by atoms with E-state index < -0.39 is 18.1 Å². The van der Waals surface area contributed by atoms with Crippen LogP contribution in [0, 0.1) is 0 Å². The first-order valence-corrected chi connectivity index (χ1v) is 10.4. The second kappa shape index (κ2) is 9.16. The fourth-order valence-corrected chi connectivity index (χ4v) is 3.99. The zero-order valence-corrected chi connectivity index (χ0v) is 19.4. The van der Waals surface area contributed by atoms with Crippen LogP contribution in [0.1, 0.15) is 13.5 Å². The highest BCUT2D eigenvalue weighted by molar-refractivity contribution is 6.06.